The maximum absolute atomic E-state index is 12.8. The van der Waals surface area contributed by atoms with Crippen molar-refractivity contribution in [1.29, 1.82) is 0 Å². The third-order valence-corrected chi connectivity index (χ3v) is 6.31. The number of carbonyl (C=O) groups is 1. The molecule has 0 aromatic heterocycles. The first-order chi connectivity index (χ1) is 13.6. The van der Waals surface area contributed by atoms with Gasteiger partial charge in [-0.15, -0.1) is 0 Å². The number of likely N-dealkylation sites (N-methyl/N-ethyl adjacent to an activating group) is 1. The van der Waals surface area contributed by atoms with Crippen LogP contribution in [0.15, 0.2) is 54.6 Å². The number of nitrogens with zero attached hydrogens (tertiary/aromatic N) is 2. The van der Waals surface area contributed by atoms with Gasteiger partial charge in [0.05, 0.1) is 6.04 Å². The zero-order chi connectivity index (χ0) is 19.6. The molecule has 1 N–H and O–H groups in total. The number of hydrogen-bond donors (Lipinski definition) is 1. The van der Waals surface area contributed by atoms with Gasteiger partial charge < -0.3 is 5.32 Å². The molecule has 2 saturated heterocycles. The quantitative estimate of drug-likeness (QED) is 0.840. The molecule has 0 aliphatic carbocycles. The Morgan fingerprint density at radius 1 is 1.00 bits per heavy atom. The summed E-state index contributed by atoms with van der Waals surface area (Å²) in [7, 11) is 2.09. The smallest absolute Gasteiger partial charge is 0.237 e. The lowest BCUT2D eigenvalue weighted by Crippen LogP contribution is -2.56. The van der Waals surface area contributed by atoms with Crippen molar-refractivity contribution in [2.45, 2.75) is 38.9 Å². The molecule has 1 spiro atoms. The van der Waals surface area contributed by atoms with Crippen LogP contribution in [0.2, 0.25) is 0 Å². The van der Waals surface area contributed by atoms with E-state index in [1.165, 1.54) is 16.7 Å². The fourth-order valence-electron chi connectivity index (χ4n) is 4.85. The van der Waals surface area contributed by atoms with E-state index in [1.54, 1.807) is 0 Å². The molecule has 1 unspecified atom stereocenters. The van der Waals surface area contributed by atoms with Crippen molar-refractivity contribution in [1.82, 2.24) is 15.1 Å². The summed E-state index contributed by atoms with van der Waals surface area (Å²) < 4.78 is 0. The van der Waals surface area contributed by atoms with Gasteiger partial charge in [0.15, 0.2) is 0 Å². The third kappa shape index (κ3) is 4.13. The fourth-order valence-corrected chi connectivity index (χ4v) is 4.85. The fraction of sp³-hybridized carbons (Fsp3) is 0.458. The summed E-state index contributed by atoms with van der Waals surface area (Å²) in [5.74, 6) is 0.167. The van der Waals surface area contributed by atoms with Crippen LogP contribution in [0.5, 0.6) is 0 Å². The average molecular weight is 378 g/mol. The highest BCUT2D eigenvalue weighted by Gasteiger charge is 2.51. The van der Waals surface area contributed by atoms with Crippen molar-refractivity contribution in [2.75, 3.05) is 26.7 Å². The van der Waals surface area contributed by atoms with Crippen LogP contribution in [-0.4, -0.2) is 48.4 Å². The second-order valence-electron chi connectivity index (χ2n) is 8.65. The molecule has 28 heavy (non-hydrogen) atoms. The first-order valence-electron chi connectivity index (χ1n) is 10.4. The highest BCUT2D eigenvalue weighted by atomic mass is 16.2. The van der Waals surface area contributed by atoms with Gasteiger partial charge in [-0.2, -0.15) is 0 Å². The van der Waals surface area contributed by atoms with Gasteiger partial charge in [-0.3, -0.25) is 14.6 Å². The highest BCUT2D eigenvalue weighted by Crippen LogP contribution is 2.42. The van der Waals surface area contributed by atoms with Gasteiger partial charge in [0.1, 0.15) is 0 Å². The molecular formula is C24H31N3O. The van der Waals surface area contributed by atoms with Gasteiger partial charge in [-0.05, 0) is 36.6 Å². The predicted molar refractivity (Wildman–Crippen MR) is 113 cm³/mol. The van der Waals surface area contributed by atoms with Gasteiger partial charge in [-0.25, -0.2) is 0 Å². The molecule has 1 atom stereocenters. The van der Waals surface area contributed by atoms with E-state index >= 15 is 0 Å². The second-order valence-corrected chi connectivity index (χ2v) is 8.65. The highest BCUT2D eigenvalue weighted by molar-refractivity contribution is 5.82. The topological polar surface area (TPSA) is 35.6 Å². The van der Waals surface area contributed by atoms with E-state index in [-0.39, 0.29) is 17.4 Å². The van der Waals surface area contributed by atoms with Crippen LogP contribution in [0.3, 0.4) is 0 Å². The summed E-state index contributed by atoms with van der Waals surface area (Å²) in [6.07, 6.45) is 2.01. The third-order valence-electron chi connectivity index (χ3n) is 6.31. The Hall–Kier alpha value is -2.17. The van der Waals surface area contributed by atoms with E-state index < -0.39 is 0 Å². The summed E-state index contributed by atoms with van der Waals surface area (Å²) in [5.41, 5.74) is 4.15. The Labute approximate surface area is 168 Å². The van der Waals surface area contributed by atoms with E-state index in [4.69, 9.17) is 0 Å². The number of aryl methyl sites for hydroxylation is 1. The van der Waals surface area contributed by atoms with Crippen molar-refractivity contribution in [2.24, 2.45) is 5.41 Å². The van der Waals surface area contributed by atoms with Gasteiger partial charge in [0.2, 0.25) is 5.91 Å². The van der Waals surface area contributed by atoms with Gasteiger partial charge in [0.25, 0.3) is 0 Å². The molecule has 4 rings (SSSR count). The minimum atomic E-state index is -0.00575. The summed E-state index contributed by atoms with van der Waals surface area (Å²) in [6, 6.07) is 19.2. The standard InChI is InChI=1S/C24H31N3O/c1-3-19-9-11-20(12-10-19)14-25-23(28)22-13-24(16-26(22)2)17-27(18-24)15-21-7-5-4-6-8-21/h4-12,22H,3,13-18H2,1-2H3,(H,25,28). The molecule has 4 heteroatoms. The van der Waals surface area contributed by atoms with Crippen molar-refractivity contribution < 1.29 is 4.79 Å². The molecule has 1 amide bonds. The molecule has 148 valence electrons. The van der Waals surface area contributed by atoms with Crippen LogP contribution in [0, 0.1) is 5.41 Å². The summed E-state index contributed by atoms with van der Waals surface area (Å²) in [6.45, 7) is 6.98. The van der Waals surface area contributed by atoms with Gasteiger partial charge >= 0.3 is 0 Å². The first kappa shape index (κ1) is 19.2. The molecule has 0 bridgehead atoms. The number of rotatable bonds is 6. The SMILES string of the molecule is CCc1ccc(CNC(=O)C2CC3(CN(Cc4ccccc4)C3)CN2C)cc1. The van der Waals surface area contributed by atoms with E-state index in [9.17, 15) is 4.79 Å². The van der Waals surface area contributed by atoms with Crippen LogP contribution in [0.1, 0.15) is 30.0 Å². The Morgan fingerprint density at radius 2 is 1.68 bits per heavy atom. The Balaban J connectivity index is 1.27. The normalized spacial score (nSPS) is 21.6. The molecule has 2 aromatic rings. The maximum Gasteiger partial charge on any atom is 0.237 e. The molecule has 2 aliphatic heterocycles. The molecule has 2 heterocycles. The molecule has 4 nitrogen and oxygen atoms in total. The first-order valence-corrected chi connectivity index (χ1v) is 10.4. The van der Waals surface area contributed by atoms with Crippen molar-refractivity contribution in [3.63, 3.8) is 0 Å². The monoisotopic (exact) mass is 377 g/mol. The number of amides is 1. The van der Waals surface area contributed by atoms with Crippen molar-refractivity contribution in [3.05, 3.63) is 71.3 Å². The number of carbonyl (C=O) groups excluding carboxylic acids is 1. The predicted octanol–water partition coefficient (Wildman–Crippen LogP) is 3.07. The zero-order valence-electron chi connectivity index (χ0n) is 17.0. The van der Waals surface area contributed by atoms with E-state index in [1.807, 2.05) is 0 Å². The number of benzene rings is 2. The maximum atomic E-state index is 12.8. The Bertz CT molecular complexity index is 796. The second kappa shape index (κ2) is 8.06. The molecule has 2 aliphatic rings. The van der Waals surface area contributed by atoms with Gasteiger partial charge in [-0.1, -0.05) is 61.5 Å². The van der Waals surface area contributed by atoms with Crippen LogP contribution in [-0.2, 0) is 24.3 Å². The minimum Gasteiger partial charge on any atom is -0.351 e. The molecular weight excluding hydrogens is 346 g/mol. The van der Waals surface area contributed by atoms with Crippen LogP contribution >= 0.6 is 0 Å². The lowest BCUT2D eigenvalue weighted by atomic mass is 9.77. The number of likely N-dealkylation sites (tertiary alicyclic amines) is 2. The minimum absolute atomic E-state index is 0.00575. The Morgan fingerprint density at radius 3 is 2.36 bits per heavy atom. The van der Waals surface area contributed by atoms with E-state index in [0.29, 0.717) is 6.54 Å². The summed E-state index contributed by atoms with van der Waals surface area (Å²) >= 11 is 0. The van der Waals surface area contributed by atoms with Crippen molar-refractivity contribution >= 4 is 5.91 Å². The number of hydrogen-bond acceptors (Lipinski definition) is 3. The summed E-state index contributed by atoms with van der Waals surface area (Å²) in [5, 5.41) is 3.15. The molecule has 2 aromatic carbocycles. The lowest BCUT2D eigenvalue weighted by Gasteiger charge is -2.48. The van der Waals surface area contributed by atoms with Crippen LogP contribution < -0.4 is 5.32 Å². The largest absolute Gasteiger partial charge is 0.351 e. The lowest BCUT2D eigenvalue weighted by molar-refractivity contribution is -0.125. The molecule has 2 fully saturated rings. The molecule has 0 saturated carbocycles. The van der Waals surface area contributed by atoms with Crippen molar-refractivity contribution in [3.8, 4) is 0 Å². The van der Waals surface area contributed by atoms with Gasteiger partial charge in [0, 0.05) is 38.1 Å². The number of nitrogens with one attached hydrogen (secondary N) is 1. The molecule has 0 radical (unpaired) electrons. The van der Waals surface area contributed by atoms with E-state index in [2.05, 4.69) is 83.7 Å². The summed E-state index contributed by atoms with van der Waals surface area (Å²) in [4.78, 5) is 17.5. The zero-order valence-corrected chi connectivity index (χ0v) is 17.0. The van der Waals surface area contributed by atoms with Crippen LogP contribution in [0.4, 0.5) is 0 Å². The average Bonchev–Trinajstić information content (AvgIpc) is 3.04. The van der Waals surface area contributed by atoms with Crippen LogP contribution in [0.25, 0.3) is 0 Å². The van der Waals surface area contributed by atoms with E-state index in [0.717, 1.165) is 39.0 Å². The Kier molecular flexibility index (Phi) is 5.51.